The van der Waals surface area contributed by atoms with Crippen LogP contribution in [-0.2, 0) is 10.2 Å². The first-order valence-electron chi connectivity index (χ1n) is 6.59. The van der Waals surface area contributed by atoms with Crippen molar-refractivity contribution < 1.29 is 4.79 Å². The Bertz CT molecular complexity index is 484. The maximum atomic E-state index is 11.8. The summed E-state index contributed by atoms with van der Waals surface area (Å²) in [7, 11) is 0. The summed E-state index contributed by atoms with van der Waals surface area (Å²) >= 11 is 0. The molecule has 1 fully saturated rings. The summed E-state index contributed by atoms with van der Waals surface area (Å²) in [5.41, 5.74) is 2.28. The Kier molecular flexibility index (Phi) is 3.81. The van der Waals surface area contributed by atoms with Gasteiger partial charge in [-0.05, 0) is 30.9 Å². The molecule has 0 aliphatic heterocycles. The van der Waals surface area contributed by atoms with Gasteiger partial charge in [0.1, 0.15) is 5.78 Å². The normalized spacial score (nSPS) is 24.4. The number of benzene rings is 1. The monoisotopic (exact) mass is 240 g/mol. The van der Waals surface area contributed by atoms with E-state index in [4.69, 9.17) is 0 Å². The number of rotatable bonds is 3. The zero-order valence-corrected chi connectivity index (χ0v) is 11.0. The van der Waals surface area contributed by atoms with Gasteiger partial charge in [-0.3, -0.25) is 4.79 Å². The van der Waals surface area contributed by atoms with Crippen molar-refractivity contribution in [1.29, 1.82) is 0 Å². The summed E-state index contributed by atoms with van der Waals surface area (Å²) in [4.78, 5) is 11.8. The van der Waals surface area contributed by atoms with Crippen molar-refractivity contribution >= 4 is 11.9 Å². The fraction of sp³-hybridized carbons (Fsp3) is 0.353. The van der Waals surface area contributed by atoms with E-state index in [1.807, 2.05) is 31.2 Å². The van der Waals surface area contributed by atoms with Crippen molar-refractivity contribution in [2.45, 2.75) is 38.0 Å². The fourth-order valence-electron chi connectivity index (χ4n) is 2.92. The molecule has 1 aliphatic carbocycles. The highest BCUT2D eigenvalue weighted by Crippen LogP contribution is 2.40. The van der Waals surface area contributed by atoms with E-state index >= 15 is 0 Å². The second-order valence-corrected chi connectivity index (χ2v) is 5.02. The van der Waals surface area contributed by atoms with E-state index in [2.05, 4.69) is 24.8 Å². The highest BCUT2D eigenvalue weighted by molar-refractivity contribution is 5.82. The Hall–Kier alpha value is -1.63. The van der Waals surface area contributed by atoms with Crippen LogP contribution in [0.1, 0.15) is 43.7 Å². The van der Waals surface area contributed by atoms with E-state index in [0.29, 0.717) is 12.2 Å². The molecule has 2 rings (SSSR count). The molecule has 0 spiro atoms. The molecule has 1 atom stereocenters. The SMILES string of the molecule is C=CC1(c2ccccc2/C=C/C)CCCC(=O)C1. The average Bonchev–Trinajstić information content (AvgIpc) is 2.39. The van der Waals surface area contributed by atoms with Gasteiger partial charge >= 0.3 is 0 Å². The van der Waals surface area contributed by atoms with E-state index in [-0.39, 0.29) is 5.41 Å². The maximum Gasteiger partial charge on any atom is 0.134 e. The van der Waals surface area contributed by atoms with Crippen LogP contribution in [0.2, 0.25) is 0 Å². The van der Waals surface area contributed by atoms with Gasteiger partial charge in [0.25, 0.3) is 0 Å². The van der Waals surface area contributed by atoms with Crippen LogP contribution in [0, 0.1) is 0 Å². The van der Waals surface area contributed by atoms with Crippen LogP contribution in [0.3, 0.4) is 0 Å². The van der Waals surface area contributed by atoms with E-state index in [1.54, 1.807) is 0 Å². The molecule has 0 bridgehead atoms. The highest BCUT2D eigenvalue weighted by Gasteiger charge is 2.35. The summed E-state index contributed by atoms with van der Waals surface area (Å²) in [6, 6.07) is 8.34. The van der Waals surface area contributed by atoms with Crippen LogP contribution in [-0.4, -0.2) is 5.78 Å². The zero-order valence-electron chi connectivity index (χ0n) is 11.0. The fourth-order valence-corrected chi connectivity index (χ4v) is 2.92. The molecule has 1 nitrogen and oxygen atoms in total. The summed E-state index contributed by atoms with van der Waals surface area (Å²) < 4.78 is 0. The molecular formula is C17H20O. The lowest BCUT2D eigenvalue weighted by atomic mass is 9.68. The van der Waals surface area contributed by atoms with Crippen molar-refractivity contribution in [2.75, 3.05) is 0 Å². The third-order valence-electron chi connectivity index (χ3n) is 3.83. The minimum absolute atomic E-state index is 0.161. The van der Waals surface area contributed by atoms with Crippen LogP contribution in [0.5, 0.6) is 0 Å². The smallest absolute Gasteiger partial charge is 0.134 e. The van der Waals surface area contributed by atoms with E-state index in [9.17, 15) is 4.79 Å². The van der Waals surface area contributed by atoms with Crippen LogP contribution < -0.4 is 0 Å². The molecule has 1 aliphatic rings. The van der Waals surface area contributed by atoms with Gasteiger partial charge in [0.05, 0.1) is 0 Å². The highest BCUT2D eigenvalue weighted by atomic mass is 16.1. The van der Waals surface area contributed by atoms with Gasteiger partial charge in [-0.1, -0.05) is 42.5 Å². The Balaban J connectivity index is 2.50. The lowest BCUT2D eigenvalue weighted by molar-refractivity contribution is -0.121. The molecule has 1 saturated carbocycles. The Morgan fingerprint density at radius 2 is 2.11 bits per heavy atom. The van der Waals surface area contributed by atoms with Crippen LogP contribution in [0.15, 0.2) is 43.0 Å². The number of Topliss-reactive ketones (excluding diaryl/α,β-unsaturated/α-hetero) is 1. The second kappa shape index (κ2) is 5.34. The molecule has 1 heteroatoms. The third-order valence-corrected chi connectivity index (χ3v) is 3.83. The molecule has 1 unspecified atom stereocenters. The molecule has 18 heavy (non-hydrogen) atoms. The van der Waals surface area contributed by atoms with E-state index in [1.165, 1.54) is 11.1 Å². The summed E-state index contributed by atoms with van der Waals surface area (Å²) in [6.07, 6.45) is 9.45. The van der Waals surface area contributed by atoms with Crippen molar-refractivity contribution in [1.82, 2.24) is 0 Å². The average molecular weight is 240 g/mol. The van der Waals surface area contributed by atoms with Gasteiger partial charge in [-0.15, -0.1) is 6.58 Å². The van der Waals surface area contributed by atoms with Gasteiger partial charge in [-0.2, -0.15) is 0 Å². The zero-order chi connectivity index (χ0) is 13.0. The first-order valence-corrected chi connectivity index (χ1v) is 6.59. The molecule has 0 heterocycles. The second-order valence-electron chi connectivity index (χ2n) is 5.02. The number of allylic oxidation sites excluding steroid dienone is 2. The molecule has 0 saturated heterocycles. The van der Waals surface area contributed by atoms with Gasteiger partial charge < -0.3 is 0 Å². The minimum Gasteiger partial charge on any atom is -0.300 e. The number of carbonyl (C=O) groups excluding carboxylic acids is 1. The Labute approximate surface area is 109 Å². The Morgan fingerprint density at radius 3 is 2.78 bits per heavy atom. The number of hydrogen-bond acceptors (Lipinski definition) is 1. The predicted octanol–water partition coefficient (Wildman–Crippen LogP) is 4.29. The third kappa shape index (κ3) is 2.31. The first kappa shape index (κ1) is 12.8. The van der Waals surface area contributed by atoms with Gasteiger partial charge in [0.2, 0.25) is 0 Å². The number of ketones is 1. The molecule has 0 amide bonds. The largest absolute Gasteiger partial charge is 0.300 e. The molecule has 0 aromatic heterocycles. The lowest BCUT2D eigenvalue weighted by Crippen LogP contribution is -2.31. The van der Waals surface area contributed by atoms with Gasteiger partial charge in [0, 0.05) is 18.3 Å². The quantitative estimate of drug-likeness (QED) is 0.720. The molecular weight excluding hydrogens is 220 g/mol. The topological polar surface area (TPSA) is 17.1 Å². The van der Waals surface area contributed by atoms with Gasteiger partial charge in [-0.25, -0.2) is 0 Å². The molecule has 0 N–H and O–H groups in total. The summed E-state index contributed by atoms with van der Waals surface area (Å²) in [5, 5.41) is 0. The number of carbonyl (C=O) groups is 1. The van der Waals surface area contributed by atoms with E-state index in [0.717, 1.165) is 19.3 Å². The van der Waals surface area contributed by atoms with Crippen LogP contribution in [0.4, 0.5) is 0 Å². The van der Waals surface area contributed by atoms with Gasteiger partial charge in [0.15, 0.2) is 0 Å². The molecule has 0 radical (unpaired) electrons. The lowest BCUT2D eigenvalue weighted by Gasteiger charge is -2.35. The minimum atomic E-state index is -0.161. The summed E-state index contributed by atoms with van der Waals surface area (Å²) in [5.74, 6) is 0.358. The molecule has 94 valence electrons. The van der Waals surface area contributed by atoms with E-state index < -0.39 is 0 Å². The summed E-state index contributed by atoms with van der Waals surface area (Å²) in [6.45, 7) is 6.01. The predicted molar refractivity (Wildman–Crippen MR) is 76.5 cm³/mol. The first-order chi connectivity index (χ1) is 8.72. The van der Waals surface area contributed by atoms with Crippen molar-refractivity contribution in [3.05, 3.63) is 54.1 Å². The Morgan fingerprint density at radius 1 is 1.33 bits per heavy atom. The molecule has 1 aromatic rings. The van der Waals surface area contributed by atoms with Crippen molar-refractivity contribution in [3.8, 4) is 0 Å². The van der Waals surface area contributed by atoms with Crippen molar-refractivity contribution in [2.24, 2.45) is 0 Å². The standard InChI is InChI=1S/C17H20O/c1-3-8-14-9-5-6-11-16(14)17(4-2)12-7-10-15(18)13-17/h3-6,8-9,11H,2,7,10,12-13H2,1H3/b8-3+. The maximum absolute atomic E-state index is 11.8. The van der Waals surface area contributed by atoms with Crippen LogP contribution >= 0.6 is 0 Å². The molecule has 1 aromatic carbocycles. The van der Waals surface area contributed by atoms with Crippen LogP contribution in [0.25, 0.3) is 6.08 Å². The number of hydrogen-bond donors (Lipinski definition) is 0. The van der Waals surface area contributed by atoms with Crippen molar-refractivity contribution in [3.63, 3.8) is 0 Å².